The van der Waals surface area contributed by atoms with Crippen LogP contribution in [0.5, 0.6) is 0 Å². The van der Waals surface area contributed by atoms with E-state index < -0.39 is 0 Å². The Labute approximate surface area is 136 Å². The standard InChI is InChI=1S/C15H14N4OS2/c16-12-13(11-5-1-2-7-17-11)19-22-14(12)15(20)18-8-6-10-4-3-9-21-10/h1-5,7,9H,6,8,16H2,(H,18,20). The number of nitrogens with one attached hydrogen (secondary N) is 1. The van der Waals surface area contributed by atoms with Crippen LogP contribution < -0.4 is 11.1 Å². The molecular weight excluding hydrogens is 316 g/mol. The monoisotopic (exact) mass is 330 g/mol. The van der Waals surface area contributed by atoms with Gasteiger partial charge in [-0.1, -0.05) is 12.1 Å². The lowest BCUT2D eigenvalue weighted by Gasteiger charge is -2.03. The number of aromatic nitrogens is 2. The molecule has 0 fully saturated rings. The molecule has 7 heteroatoms. The van der Waals surface area contributed by atoms with Gasteiger partial charge in [-0.25, -0.2) is 0 Å². The molecule has 3 aromatic rings. The van der Waals surface area contributed by atoms with Crippen LogP contribution in [-0.2, 0) is 6.42 Å². The second-order valence-electron chi connectivity index (χ2n) is 4.57. The zero-order valence-electron chi connectivity index (χ0n) is 11.7. The summed E-state index contributed by atoms with van der Waals surface area (Å²) in [7, 11) is 0. The summed E-state index contributed by atoms with van der Waals surface area (Å²) in [6, 6.07) is 9.56. The molecule has 0 saturated heterocycles. The number of hydrogen-bond acceptors (Lipinski definition) is 6. The number of anilines is 1. The van der Waals surface area contributed by atoms with Gasteiger partial charge in [0.2, 0.25) is 0 Å². The molecule has 3 rings (SSSR count). The van der Waals surface area contributed by atoms with E-state index in [9.17, 15) is 4.79 Å². The van der Waals surface area contributed by atoms with Gasteiger partial charge in [-0.15, -0.1) is 11.3 Å². The van der Waals surface area contributed by atoms with E-state index in [1.807, 2.05) is 29.6 Å². The van der Waals surface area contributed by atoms with Crippen molar-refractivity contribution in [3.63, 3.8) is 0 Å². The van der Waals surface area contributed by atoms with Gasteiger partial charge in [0.05, 0.1) is 11.4 Å². The van der Waals surface area contributed by atoms with E-state index in [1.54, 1.807) is 17.5 Å². The summed E-state index contributed by atoms with van der Waals surface area (Å²) < 4.78 is 4.26. The Morgan fingerprint density at radius 3 is 2.91 bits per heavy atom. The van der Waals surface area contributed by atoms with Crippen molar-refractivity contribution in [3.8, 4) is 11.4 Å². The molecule has 5 nitrogen and oxygen atoms in total. The number of pyridine rings is 1. The summed E-state index contributed by atoms with van der Waals surface area (Å²) >= 11 is 2.78. The van der Waals surface area contributed by atoms with Gasteiger partial charge in [-0.3, -0.25) is 9.78 Å². The van der Waals surface area contributed by atoms with E-state index in [1.165, 1.54) is 4.88 Å². The summed E-state index contributed by atoms with van der Waals surface area (Å²) in [4.78, 5) is 18.1. The lowest BCUT2D eigenvalue weighted by atomic mass is 10.2. The van der Waals surface area contributed by atoms with Gasteiger partial charge in [-0.05, 0) is 41.5 Å². The van der Waals surface area contributed by atoms with Gasteiger partial charge in [0.25, 0.3) is 5.91 Å². The molecule has 0 bridgehead atoms. The molecule has 0 aliphatic heterocycles. The Bertz CT molecular complexity index is 753. The molecule has 0 aliphatic rings. The van der Waals surface area contributed by atoms with E-state index in [0.29, 0.717) is 28.5 Å². The SMILES string of the molecule is Nc1c(-c2ccccn2)nsc1C(=O)NCCc1cccs1. The molecular formula is C15H14N4OS2. The molecule has 3 aromatic heterocycles. The molecule has 3 heterocycles. The minimum Gasteiger partial charge on any atom is -0.396 e. The maximum Gasteiger partial charge on any atom is 0.265 e. The zero-order chi connectivity index (χ0) is 15.4. The largest absolute Gasteiger partial charge is 0.396 e. The first-order valence-corrected chi connectivity index (χ1v) is 8.38. The number of thiophene rings is 1. The number of amides is 1. The quantitative estimate of drug-likeness (QED) is 0.754. The molecule has 0 atom stereocenters. The van der Waals surface area contributed by atoms with Crippen molar-refractivity contribution in [2.24, 2.45) is 0 Å². The minimum atomic E-state index is -0.186. The highest BCUT2D eigenvalue weighted by molar-refractivity contribution is 7.10. The number of rotatable bonds is 5. The van der Waals surface area contributed by atoms with Crippen molar-refractivity contribution in [2.75, 3.05) is 12.3 Å². The third kappa shape index (κ3) is 3.15. The van der Waals surface area contributed by atoms with E-state index in [2.05, 4.69) is 20.7 Å². The fraction of sp³-hybridized carbons (Fsp3) is 0.133. The van der Waals surface area contributed by atoms with Crippen LogP contribution in [0.2, 0.25) is 0 Å². The normalized spacial score (nSPS) is 10.5. The van der Waals surface area contributed by atoms with Crippen molar-refractivity contribution < 1.29 is 4.79 Å². The van der Waals surface area contributed by atoms with Gasteiger partial charge in [0.15, 0.2) is 0 Å². The fourth-order valence-corrected chi connectivity index (χ4v) is 3.42. The van der Waals surface area contributed by atoms with Crippen LogP contribution in [0.1, 0.15) is 14.5 Å². The lowest BCUT2D eigenvalue weighted by Crippen LogP contribution is -2.25. The van der Waals surface area contributed by atoms with Gasteiger partial charge >= 0.3 is 0 Å². The molecule has 3 N–H and O–H groups in total. The van der Waals surface area contributed by atoms with Crippen LogP contribution in [0.4, 0.5) is 5.69 Å². The second kappa shape index (κ2) is 6.67. The number of nitrogen functional groups attached to an aromatic ring is 1. The highest BCUT2D eigenvalue weighted by Gasteiger charge is 2.18. The van der Waals surface area contributed by atoms with E-state index >= 15 is 0 Å². The Morgan fingerprint density at radius 2 is 2.18 bits per heavy atom. The van der Waals surface area contributed by atoms with Gasteiger partial charge < -0.3 is 11.1 Å². The first-order chi connectivity index (χ1) is 10.8. The van der Waals surface area contributed by atoms with E-state index in [4.69, 9.17) is 5.73 Å². The van der Waals surface area contributed by atoms with E-state index in [0.717, 1.165) is 18.0 Å². The van der Waals surface area contributed by atoms with Crippen molar-refractivity contribution in [1.82, 2.24) is 14.7 Å². The summed E-state index contributed by atoms with van der Waals surface area (Å²) in [6.07, 6.45) is 2.49. The Morgan fingerprint density at radius 1 is 1.27 bits per heavy atom. The number of carbonyl (C=O) groups excluding carboxylic acids is 1. The predicted molar refractivity (Wildman–Crippen MR) is 90.1 cm³/mol. The van der Waals surface area contributed by atoms with Crippen LogP contribution in [0.15, 0.2) is 41.9 Å². The van der Waals surface area contributed by atoms with Gasteiger partial charge in [-0.2, -0.15) is 4.37 Å². The topological polar surface area (TPSA) is 80.9 Å². The minimum absolute atomic E-state index is 0.186. The molecule has 112 valence electrons. The van der Waals surface area contributed by atoms with Crippen molar-refractivity contribution in [1.29, 1.82) is 0 Å². The number of nitrogens with two attached hydrogens (primary N) is 1. The molecule has 0 radical (unpaired) electrons. The summed E-state index contributed by atoms with van der Waals surface area (Å²) in [6.45, 7) is 0.579. The summed E-state index contributed by atoms with van der Waals surface area (Å²) in [5.41, 5.74) is 7.68. The number of nitrogens with zero attached hydrogens (tertiary/aromatic N) is 2. The molecule has 1 amide bonds. The van der Waals surface area contributed by atoms with Crippen molar-refractivity contribution in [3.05, 3.63) is 51.7 Å². The average Bonchev–Trinajstić information content (AvgIpc) is 3.18. The first-order valence-electron chi connectivity index (χ1n) is 6.73. The number of hydrogen-bond donors (Lipinski definition) is 2. The Balaban J connectivity index is 1.67. The molecule has 0 saturated carbocycles. The van der Waals surface area contributed by atoms with Crippen LogP contribution in [0.3, 0.4) is 0 Å². The fourth-order valence-electron chi connectivity index (χ4n) is 1.98. The predicted octanol–water partition coefficient (Wildman–Crippen LogP) is 2.82. The van der Waals surface area contributed by atoms with Crippen LogP contribution >= 0.6 is 22.9 Å². The zero-order valence-corrected chi connectivity index (χ0v) is 13.3. The maximum atomic E-state index is 12.2. The Kier molecular flexibility index (Phi) is 4.45. The molecule has 0 aromatic carbocycles. The molecule has 0 aliphatic carbocycles. The molecule has 0 spiro atoms. The molecule has 0 unspecified atom stereocenters. The number of carbonyl (C=O) groups is 1. The van der Waals surface area contributed by atoms with Crippen LogP contribution in [-0.4, -0.2) is 21.8 Å². The molecule has 22 heavy (non-hydrogen) atoms. The van der Waals surface area contributed by atoms with E-state index in [-0.39, 0.29) is 5.91 Å². The third-order valence-electron chi connectivity index (χ3n) is 3.08. The highest BCUT2D eigenvalue weighted by Crippen LogP contribution is 2.29. The third-order valence-corrected chi connectivity index (χ3v) is 4.88. The second-order valence-corrected chi connectivity index (χ2v) is 6.38. The lowest BCUT2D eigenvalue weighted by molar-refractivity contribution is 0.0959. The van der Waals surface area contributed by atoms with Crippen molar-refractivity contribution >= 4 is 34.5 Å². The van der Waals surface area contributed by atoms with Crippen LogP contribution in [0, 0.1) is 0 Å². The maximum absolute atomic E-state index is 12.2. The van der Waals surface area contributed by atoms with Gasteiger partial charge in [0.1, 0.15) is 10.6 Å². The summed E-state index contributed by atoms with van der Waals surface area (Å²) in [5, 5.41) is 4.91. The van der Waals surface area contributed by atoms with Crippen molar-refractivity contribution in [2.45, 2.75) is 6.42 Å². The summed E-state index contributed by atoms with van der Waals surface area (Å²) in [5.74, 6) is -0.186. The smallest absolute Gasteiger partial charge is 0.265 e. The first kappa shape index (κ1) is 14.7. The Hall–Kier alpha value is -2.25. The van der Waals surface area contributed by atoms with Gasteiger partial charge in [0, 0.05) is 17.6 Å². The highest BCUT2D eigenvalue weighted by atomic mass is 32.1. The average molecular weight is 330 g/mol. The van der Waals surface area contributed by atoms with Crippen LogP contribution in [0.25, 0.3) is 11.4 Å².